The number of aryl methyl sites for hydroxylation is 1. The molecule has 0 fully saturated rings. The molecule has 0 aromatic heterocycles. The molecule has 1 N–H and O–H groups in total. The van der Waals surface area contributed by atoms with E-state index in [9.17, 15) is 24.6 Å². The number of rotatable bonds is 11. The van der Waals surface area contributed by atoms with Crippen molar-refractivity contribution in [2.75, 3.05) is 19.8 Å². The van der Waals surface area contributed by atoms with Crippen LogP contribution >= 0.6 is 31.9 Å². The number of halogens is 2. The molecule has 32 heavy (non-hydrogen) atoms. The zero-order chi connectivity index (χ0) is 23.7. The maximum atomic E-state index is 12.0. The fourth-order valence-corrected chi connectivity index (χ4v) is 3.93. The van der Waals surface area contributed by atoms with Crippen LogP contribution in [-0.4, -0.2) is 43.9 Å². The van der Waals surface area contributed by atoms with Gasteiger partial charge in [0.2, 0.25) is 0 Å². The van der Waals surface area contributed by atoms with E-state index in [2.05, 4.69) is 42.4 Å². The summed E-state index contributed by atoms with van der Waals surface area (Å²) >= 11 is 6.74. The summed E-state index contributed by atoms with van der Waals surface area (Å²) < 4.78 is 16.9. The number of nitrogens with one attached hydrogen (secondary N) is 1. The predicted octanol–water partition coefficient (Wildman–Crippen LogP) is 0.307. The van der Waals surface area contributed by atoms with Gasteiger partial charge in [-0.3, -0.25) is 4.79 Å². The SMILES string of the molecule is Cc1cc(Br)c(OCC(=O)NN=Cc2ccc(OCC(=O)[O-])c(OCC(=O)[O-])c2)c(Br)c1. The number of amides is 1. The molecular weight excluding hydrogens is 556 g/mol. The molecule has 1 amide bonds. The minimum Gasteiger partial charge on any atom is -0.546 e. The molecule has 2 aromatic rings. The Labute approximate surface area is 199 Å². The van der Waals surface area contributed by atoms with Crippen LogP contribution in [0.4, 0.5) is 0 Å². The summed E-state index contributed by atoms with van der Waals surface area (Å²) in [6.07, 6.45) is 1.27. The van der Waals surface area contributed by atoms with Crippen molar-refractivity contribution in [3.63, 3.8) is 0 Å². The van der Waals surface area contributed by atoms with Crippen LogP contribution in [0.2, 0.25) is 0 Å². The van der Waals surface area contributed by atoms with Gasteiger partial charge in [0, 0.05) is 0 Å². The Morgan fingerprint density at radius 3 is 2.12 bits per heavy atom. The van der Waals surface area contributed by atoms with Crippen molar-refractivity contribution >= 4 is 55.9 Å². The van der Waals surface area contributed by atoms with Crippen LogP contribution in [0.3, 0.4) is 0 Å². The number of carbonyl (C=O) groups is 3. The topological polar surface area (TPSA) is 149 Å². The smallest absolute Gasteiger partial charge is 0.277 e. The van der Waals surface area contributed by atoms with Crippen molar-refractivity contribution in [1.82, 2.24) is 5.43 Å². The lowest BCUT2D eigenvalue weighted by molar-refractivity contribution is -0.309. The Balaban J connectivity index is 1.99. The van der Waals surface area contributed by atoms with E-state index >= 15 is 0 Å². The number of carbonyl (C=O) groups excluding carboxylic acids is 3. The zero-order valence-corrected chi connectivity index (χ0v) is 19.7. The Bertz CT molecular complexity index is 1020. The standard InChI is InChI=1S/C20H18Br2N2O8/c1-11-4-13(21)20(14(22)5-11)32-8-17(25)24-23-7-12-2-3-15(30-9-18(26)27)16(6-12)31-10-19(28)29/h2-7H,8-10H2,1H3,(H,24,25)(H,26,27)(H,28,29)/p-2. The number of ether oxygens (including phenoxy) is 3. The summed E-state index contributed by atoms with van der Waals surface area (Å²) in [6, 6.07) is 7.88. The Morgan fingerprint density at radius 2 is 1.53 bits per heavy atom. The second-order valence-electron chi connectivity index (χ2n) is 6.17. The van der Waals surface area contributed by atoms with Crippen molar-refractivity contribution in [3.05, 3.63) is 50.4 Å². The van der Waals surface area contributed by atoms with Gasteiger partial charge in [0.05, 0.1) is 27.1 Å². The lowest BCUT2D eigenvalue weighted by atomic mass is 10.2. The maximum absolute atomic E-state index is 12.0. The van der Waals surface area contributed by atoms with E-state index in [1.54, 1.807) is 0 Å². The number of hydrazone groups is 1. The first-order valence-corrected chi connectivity index (χ1v) is 10.4. The summed E-state index contributed by atoms with van der Waals surface area (Å²) in [7, 11) is 0. The molecule has 0 aliphatic rings. The van der Waals surface area contributed by atoms with E-state index < -0.39 is 31.1 Å². The monoisotopic (exact) mass is 570 g/mol. The lowest BCUT2D eigenvalue weighted by Crippen LogP contribution is -2.30. The Kier molecular flexibility index (Phi) is 9.47. The molecular formula is C20H16Br2N2O8-2. The van der Waals surface area contributed by atoms with Crippen LogP contribution in [0, 0.1) is 6.92 Å². The number of carboxylic acid groups (broad SMARTS) is 2. The average molecular weight is 572 g/mol. The van der Waals surface area contributed by atoms with Gasteiger partial charge in [-0.05, 0) is 80.2 Å². The number of hydrogen-bond acceptors (Lipinski definition) is 9. The number of benzene rings is 2. The van der Waals surface area contributed by atoms with E-state index in [0.29, 0.717) is 20.3 Å². The van der Waals surface area contributed by atoms with Crippen molar-refractivity contribution in [3.8, 4) is 17.2 Å². The van der Waals surface area contributed by atoms with E-state index in [1.807, 2.05) is 19.1 Å². The molecule has 2 aromatic carbocycles. The minimum absolute atomic E-state index is 0.0145. The highest BCUT2D eigenvalue weighted by atomic mass is 79.9. The third kappa shape index (κ3) is 8.19. The third-order valence-electron chi connectivity index (χ3n) is 3.55. The molecule has 0 aliphatic carbocycles. The van der Waals surface area contributed by atoms with Gasteiger partial charge < -0.3 is 34.0 Å². The van der Waals surface area contributed by atoms with Gasteiger partial charge in [0.25, 0.3) is 5.91 Å². The Morgan fingerprint density at radius 1 is 0.938 bits per heavy atom. The highest BCUT2D eigenvalue weighted by Gasteiger charge is 2.10. The molecule has 0 spiro atoms. The number of aliphatic carboxylic acids is 2. The van der Waals surface area contributed by atoms with Gasteiger partial charge >= 0.3 is 0 Å². The van der Waals surface area contributed by atoms with Crippen LogP contribution in [-0.2, 0) is 14.4 Å². The summed E-state index contributed by atoms with van der Waals surface area (Å²) in [5.74, 6) is -3.06. The molecule has 0 unspecified atom stereocenters. The molecule has 12 heteroatoms. The fourth-order valence-electron chi connectivity index (χ4n) is 2.28. The van der Waals surface area contributed by atoms with Crippen LogP contribution in [0.5, 0.6) is 17.2 Å². The van der Waals surface area contributed by atoms with Gasteiger partial charge in [0.15, 0.2) is 18.1 Å². The summed E-state index contributed by atoms with van der Waals surface area (Å²) in [5, 5.41) is 25.0. The molecule has 0 bridgehead atoms. The van der Waals surface area contributed by atoms with Crippen molar-refractivity contribution in [2.24, 2.45) is 5.10 Å². The van der Waals surface area contributed by atoms with Crippen LogP contribution in [0.1, 0.15) is 11.1 Å². The molecule has 0 aliphatic heterocycles. The van der Waals surface area contributed by atoms with Crippen LogP contribution < -0.4 is 29.8 Å². The molecule has 0 saturated heterocycles. The first kappa shape index (κ1) is 25.1. The van der Waals surface area contributed by atoms with E-state index in [1.165, 1.54) is 24.4 Å². The summed E-state index contributed by atoms with van der Waals surface area (Å²) in [6.45, 7) is 0.0875. The van der Waals surface area contributed by atoms with Gasteiger partial charge in [0.1, 0.15) is 19.0 Å². The quantitative estimate of drug-likeness (QED) is 0.299. The third-order valence-corrected chi connectivity index (χ3v) is 4.73. The van der Waals surface area contributed by atoms with E-state index in [0.717, 1.165) is 5.56 Å². The second-order valence-corrected chi connectivity index (χ2v) is 7.88. The van der Waals surface area contributed by atoms with Crippen molar-refractivity contribution in [1.29, 1.82) is 0 Å². The number of carboxylic acids is 2. The molecule has 0 atom stereocenters. The highest BCUT2D eigenvalue weighted by molar-refractivity contribution is 9.11. The molecule has 10 nitrogen and oxygen atoms in total. The second kappa shape index (κ2) is 12.1. The molecule has 0 saturated carbocycles. The number of nitrogens with zero attached hydrogens (tertiary/aromatic N) is 1. The normalized spacial score (nSPS) is 10.6. The lowest BCUT2D eigenvalue weighted by Gasteiger charge is -2.14. The number of hydrogen-bond donors (Lipinski definition) is 1. The molecule has 0 heterocycles. The zero-order valence-electron chi connectivity index (χ0n) is 16.6. The highest BCUT2D eigenvalue weighted by Crippen LogP contribution is 2.34. The molecule has 0 radical (unpaired) electrons. The first-order chi connectivity index (χ1) is 15.2. The van der Waals surface area contributed by atoms with E-state index in [4.69, 9.17) is 14.2 Å². The maximum Gasteiger partial charge on any atom is 0.277 e. The summed E-state index contributed by atoms with van der Waals surface area (Å²) in [5.41, 5.74) is 3.70. The fraction of sp³-hybridized carbons (Fsp3) is 0.200. The first-order valence-electron chi connectivity index (χ1n) is 8.85. The molecule has 170 valence electrons. The summed E-state index contributed by atoms with van der Waals surface area (Å²) in [4.78, 5) is 33.2. The van der Waals surface area contributed by atoms with Crippen LogP contribution in [0.25, 0.3) is 0 Å². The van der Waals surface area contributed by atoms with Gasteiger partial charge in [-0.25, -0.2) is 5.43 Å². The Hall–Kier alpha value is -3.12. The average Bonchev–Trinajstić information content (AvgIpc) is 2.70. The van der Waals surface area contributed by atoms with Crippen molar-refractivity contribution in [2.45, 2.75) is 6.92 Å². The largest absolute Gasteiger partial charge is 0.546 e. The van der Waals surface area contributed by atoms with Crippen molar-refractivity contribution < 1.29 is 38.8 Å². The van der Waals surface area contributed by atoms with Gasteiger partial charge in [-0.2, -0.15) is 5.10 Å². The predicted molar refractivity (Wildman–Crippen MR) is 115 cm³/mol. The van der Waals surface area contributed by atoms with Gasteiger partial charge in [-0.1, -0.05) is 0 Å². The van der Waals surface area contributed by atoms with E-state index in [-0.39, 0.29) is 18.1 Å². The molecule has 2 rings (SSSR count). The minimum atomic E-state index is -1.48. The van der Waals surface area contributed by atoms with Crippen LogP contribution in [0.15, 0.2) is 44.4 Å². The van der Waals surface area contributed by atoms with Gasteiger partial charge in [-0.15, -0.1) is 0 Å².